The molecule has 1 aromatic carbocycles. The van der Waals surface area contributed by atoms with Gasteiger partial charge in [-0.05, 0) is 12.1 Å². The molecule has 0 atom stereocenters. The minimum Gasteiger partial charge on any atom is -0.492 e. The van der Waals surface area contributed by atoms with Gasteiger partial charge in [0.2, 0.25) is 5.43 Å². The van der Waals surface area contributed by atoms with E-state index in [1.807, 2.05) is 0 Å². The molecular formula is C11H9NO3. The van der Waals surface area contributed by atoms with Gasteiger partial charge in [-0.2, -0.15) is 0 Å². The summed E-state index contributed by atoms with van der Waals surface area (Å²) in [6.07, 6.45) is 0. The first kappa shape index (κ1) is 9.45. The molecule has 0 aliphatic carbocycles. The summed E-state index contributed by atoms with van der Waals surface area (Å²) in [5.41, 5.74) is -0.132. The average molecular weight is 203 g/mol. The Hall–Kier alpha value is -2.10. The summed E-state index contributed by atoms with van der Waals surface area (Å²) in [4.78, 5) is 25.8. The van der Waals surface area contributed by atoms with Crippen molar-refractivity contribution >= 4 is 10.9 Å². The number of benzene rings is 1. The van der Waals surface area contributed by atoms with Crippen LogP contribution < -0.4 is 15.7 Å². The summed E-state index contributed by atoms with van der Waals surface area (Å²) in [5.74, 6) is 0.0532. The van der Waals surface area contributed by atoms with E-state index in [0.717, 1.165) is 6.07 Å². The second-order valence-electron chi connectivity index (χ2n) is 3.08. The fourth-order valence-electron chi connectivity index (χ4n) is 1.43. The number of rotatable bonds is 1. The number of para-hydroxylation sites is 1. The molecule has 1 aromatic heterocycles. The maximum Gasteiger partial charge on any atom is 0.252 e. The van der Waals surface area contributed by atoms with Crippen LogP contribution in [0.3, 0.4) is 0 Å². The van der Waals surface area contributed by atoms with Gasteiger partial charge in [-0.25, -0.2) is 0 Å². The van der Waals surface area contributed by atoms with Crippen LogP contribution >= 0.6 is 0 Å². The second kappa shape index (κ2) is 3.57. The molecule has 2 rings (SSSR count). The van der Waals surface area contributed by atoms with Gasteiger partial charge in [0.05, 0.1) is 12.6 Å². The van der Waals surface area contributed by atoms with E-state index < -0.39 is 0 Å². The molecule has 15 heavy (non-hydrogen) atoms. The standard InChI is InChI=1S/C11H9NO3/c1-15-9-6-10(13)12-8-5-3-2-4-7(8)11(9)14/h2-6H,1H3,(H,12,13). The quantitative estimate of drug-likeness (QED) is 0.749. The van der Waals surface area contributed by atoms with E-state index in [0.29, 0.717) is 10.9 Å². The number of ether oxygens (including phenoxy) is 1. The van der Waals surface area contributed by atoms with Crippen LogP contribution in [0.2, 0.25) is 0 Å². The number of aromatic nitrogens is 1. The van der Waals surface area contributed by atoms with Crippen molar-refractivity contribution in [1.82, 2.24) is 4.98 Å². The van der Waals surface area contributed by atoms with Gasteiger partial charge in [0.1, 0.15) is 0 Å². The molecule has 4 heteroatoms. The molecule has 0 amide bonds. The van der Waals surface area contributed by atoms with E-state index in [9.17, 15) is 9.59 Å². The van der Waals surface area contributed by atoms with E-state index in [-0.39, 0.29) is 16.7 Å². The van der Waals surface area contributed by atoms with Gasteiger partial charge >= 0.3 is 0 Å². The van der Waals surface area contributed by atoms with E-state index in [2.05, 4.69) is 4.98 Å². The van der Waals surface area contributed by atoms with Crippen molar-refractivity contribution in [3.63, 3.8) is 0 Å². The highest BCUT2D eigenvalue weighted by atomic mass is 16.5. The predicted molar refractivity (Wildman–Crippen MR) is 57.4 cm³/mol. The molecule has 0 unspecified atom stereocenters. The highest BCUT2D eigenvalue weighted by Gasteiger charge is 2.03. The molecule has 0 spiro atoms. The Balaban J connectivity index is 3.07. The third-order valence-electron chi connectivity index (χ3n) is 2.14. The van der Waals surface area contributed by atoms with E-state index >= 15 is 0 Å². The Morgan fingerprint density at radius 2 is 1.93 bits per heavy atom. The Morgan fingerprint density at radius 1 is 1.20 bits per heavy atom. The SMILES string of the molecule is COc1cc(=O)[nH]c2ccccc2c1=O. The summed E-state index contributed by atoms with van der Waals surface area (Å²) >= 11 is 0. The van der Waals surface area contributed by atoms with Gasteiger partial charge in [-0.15, -0.1) is 0 Å². The summed E-state index contributed by atoms with van der Waals surface area (Å²) in [6.45, 7) is 0. The van der Waals surface area contributed by atoms with Crippen LogP contribution in [0, 0.1) is 0 Å². The number of H-pyrrole nitrogens is 1. The second-order valence-corrected chi connectivity index (χ2v) is 3.08. The normalized spacial score (nSPS) is 10.2. The molecule has 0 aliphatic heterocycles. The van der Waals surface area contributed by atoms with Gasteiger partial charge in [0.15, 0.2) is 5.75 Å². The van der Waals surface area contributed by atoms with Crippen LogP contribution in [0.1, 0.15) is 0 Å². The molecule has 1 N–H and O–H groups in total. The van der Waals surface area contributed by atoms with Crippen molar-refractivity contribution in [3.05, 3.63) is 50.9 Å². The molecule has 0 bridgehead atoms. The fraction of sp³-hybridized carbons (Fsp3) is 0.0909. The number of methoxy groups -OCH3 is 1. The highest BCUT2D eigenvalue weighted by molar-refractivity contribution is 5.78. The predicted octanol–water partition coefficient (Wildman–Crippen LogP) is 0.897. The lowest BCUT2D eigenvalue weighted by molar-refractivity contribution is 0.411. The molecule has 0 saturated heterocycles. The first-order valence-corrected chi connectivity index (χ1v) is 4.43. The van der Waals surface area contributed by atoms with Crippen molar-refractivity contribution < 1.29 is 4.74 Å². The third-order valence-corrected chi connectivity index (χ3v) is 2.14. The van der Waals surface area contributed by atoms with Crippen molar-refractivity contribution in [2.45, 2.75) is 0 Å². The van der Waals surface area contributed by atoms with Gasteiger partial charge in [0, 0.05) is 11.5 Å². The fourth-order valence-corrected chi connectivity index (χ4v) is 1.43. The van der Waals surface area contributed by atoms with E-state index in [1.54, 1.807) is 24.3 Å². The first-order valence-electron chi connectivity index (χ1n) is 4.43. The van der Waals surface area contributed by atoms with Gasteiger partial charge in [-0.3, -0.25) is 9.59 Å². The van der Waals surface area contributed by atoms with Crippen molar-refractivity contribution in [3.8, 4) is 5.75 Å². The first-order chi connectivity index (χ1) is 7.22. The van der Waals surface area contributed by atoms with Gasteiger partial charge in [-0.1, -0.05) is 12.1 Å². The number of fused-ring (bicyclic) bond motifs is 1. The maximum atomic E-state index is 11.8. The monoisotopic (exact) mass is 203 g/mol. The molecule has 0 saturated carbocycles. The number of aromatic amines is 1. The summed E-state index contributed by atoms with van der Waals surface area (Å²) < 4.78 is 4.86. The third kappa shape index (κ3) is 1.61. The average Bonchev–Trinajstić information content (AvgIpc) is 2.36. The van der Waals surface area contributed by atoms with Crippen LogP contribution in [-0.4, -0.2) is 12.1 Å². The van der Waals surface area contributed by atoms with Gasteiger partial charge in [0.25, 0.3) is 5.56 Å². The van der Waals surface area contributed by atoms with E-state index in [4.69, 9.17) is 4.74 Å². The molecule has 0 radical (unpaired) electrons. The Kier molecular flexibility index (Phi) is 2.25. The molecule has 0 fully saturated rings. The summed E-state index contributed by atoms with van der Waals surface area (Å²) in [7, 11) is 1.37. The zero-order chi connectivity index (χ0) is 10.8. The van der Waals surface area contributed by atoms with Crippen LogP contribution in [-0.2, 0) is 0 Å². The molecule has 1 heterocycles. The molecule has 2 aromatic rings. The number of hydrogen-bond acceptors (Lipinski definition) is 3. The lowest BCUT2D eigenvalue weighted by Crippen LogP contribution is -2.03. The van der Waals surface area contributed by atoms with E-state index in [1.165, 1.54) is 7.11 Å². The summed E-state index contributed by atoms with van der Waals surface area (Å²) in [6, 6.07) is 7.97. The highest BCUT2D eigenvalue weighted by Crippen LogP contribution is 2.06. The lowest BCUT2D eigenvalue weighted by Gasteiger charge is -1.92. The summed E-state index contributed by atoms with van der Waals surface area (Å²) in [5, 5.41) is 0.441. The number of hydrogen-bond donors (Lipinski definition) is 1. The number of nitrogens with one attached hydrogen (secondary N) is 1. The van der Waals surface area contributed by atoms with Crippen LogP contribution in [0.5, 0.6) is 5.75 Å². The zero-order valence-corrected chi connectivity index (χ0v) is 8.11. The van der Waals surface area contributed by atoms with Gasteiger partial charge < -0.3 is 9.72 Å². The zero-order valence-electron chi connectivity index (χ0n) is 8.11. The molecule has 76 valence electrons. The van der Waals surface area contributed by atoms with Crippen LogP contribution in [0.4, 0.5) is 0 Å². The molecular weight excluding hydrogens is 194 g/mol. The Bertz CT molecular complexity index is 616. The van der Waals surface area contributed by atoms with Crippen molar-refractivity contribution in [2.24, 2.45) is 0 Å². The van der Waals surface area contributed by atoms with Crippen molar-refractivity contribution in [2.75, 3.05) is 7.11 Å². The minimum atomic E-state index is -0.356. The smallest absolute Gasteiger partial charge is 0.252 e. The van der Waals surface area contributed by atoms with Crippen molar-refractivity contribution in [1.29, 1.82) is 0 Å². The molecule has 0 aliphatic rings. The Labute approximate surface area is 85.1 Å². The van der Waals surface area contributed by atoms with Crippen LogP contribution in [0.15, 0.2) is 39.9 Å². The molecule has 4 nitrogen and oxygen atoms in total. The Morgan fingerprint density at radius 3 is 2.67 bits per heavy atom. The minimum absolute atomic E-state index is 0.0532. The lowest BCUT2D eigenvalue weighted by atomic mass is 10.2. The topological polar surface area (TPSA) is 59.2 Å². The van der Waals surface area contributed by atoms with Crippen LogP contribution in [0.25, 0.3) is 10.9 Å². The maximum absolute atomic E-state index is 11.8. The largest absolute Gasteiger partial charge is 0.492 e.